The third kappa shape index (κ3) is 2.82. The normalized spacial score (nSPS) is 10.6. The van der Waals surface area contributed by atoms with Crippen LogP contribution in [0.2, 0.25) is 0 Å². The SMILES string of the molecule is COc1ccccc1CSc1ncc(CCl)n1C. The number of halogens is 1. The van der Waals surface area contributed by atoms with Gasteiger partial charge in [0, 0.05) is 18.4 Å². The van der Waals surface area contributed by atoms with Crippen LogP contribution >= 0.6 is 23.4 Å². The molecule has 0 amide bonds. The Morgan fingerprint density at radius 1 is 1.39 bits per heavy atom. The van der Waals surface area contributed by atoms with Crippen molar-refractivity contribution in [1.29, 1.82) is 0 Å². The van der Waals surface area contributed by atoms with Crippen LogP contribution in [0.5, 0.6) is 5.75 Å². The number of para-hydroxylation sites is 1. The minimum absolute atomic E-state index is 0.485. The van der Waals surface area contributed by atoms with Crippen LogP contribution < -0.4 is 4.74 Å². The number of imidazole rings is 1. The van der Waals surface area contributed by atoms with Crippen LogP contribution in [0.3, 0.4) is 0 Å². The van der Waals surface area contributed by atoms with Crippen molar-refractivity contribution in [3.63, 3.8) is 0 Å². The Morgan fingerprint density at radius 3 is 2.83 bits per heavy atom. The minimum Gasteiger partial charge on any atom is -0.496 e. The van der Waals surface area contributed by atoms with Gasteiger partial charge in [-0.25, -0.2) is 4.98 Å². The predicted octanol–water partition coefficient (Wildman–Crippen LogP) is 3.46. The Balaban J connectivity index is 2.09. The van der Waals surface area contributed by atoms with Crippen molar-refractivity contribution in [2.24, 2.45) is 7.05 Å². The summed E-state index contributed by atoms with van der Waals surface area (Å²) in [5.41, 5.74) is 2.19. The Morgan fingerprint density at radius 2 is 2.17 bits per heavy atom. The van der Waals surface area contributed by atoms with Gasteiger partial charge in [0.25, 0.3) is 0 Å². The monoisotopic (exact) mass is 282 g/mol. The molecule has 96 valence electrons. The molecule has 0 aliphatic heterocycles. The molecule has 0 fully saturated rings. The molecule has 0 bridgehead atoms. The van der Waals surface area contributed by atoms with E-state index in [9.17, 15) is 0 Å². The first-order valence-corrected chi connectivity index (χ1v) is 7.09. The number of thioether (sulfide) groups is 1. The summed E-state index contributed by atoms with van der Waals surface area (Å²) in [6.07, 6.45) is 1.82. The fraction of sp³-hybridized carbons (Fsp3) is 0.308. The van der Waals surface area contributed by atoms with Gasteiger partial charge in [0.05, 0.1) is 24.9 Å². The second-order valence-corrected chi connectivity index (χ2v) is 5.04. The molecule has 3 nitrogen and oxygen atoms in total. The highest BCUT2D eigenvalue weighted by atomic mass is 35.5. The van der Waals surface area contributed by atoms with E-state index < -0.39 is 0 Å². The van der Waals surface area contributed by atoms with E-state index in [1.165, 1.54) is 5.56 Å². The molecule has 18 heavy (non-hydrogen) atoms. The van der Waals surface area contributed by atoms with Crippen LogP contribution in [0.15, 0.2) is 35.6 Å². The van der Waals surface area contributed by atoms with Gasteiger partial charge in [0.15, 0.2) is 5.16 Å². The molecule has 0 saturated carbocycles. The van der Waals surface area contributed by atoms with Crippen molar-refractivity contribution < 1.29 is 4.74 Å². The zero-order chi connectivity index (χ0) is 13.0. The fourth-order valence-electron chi connectivity index (χ4n) is 1.65. The van der Waals surface area contributed by atoms with Gasteiger partial charge < -0.3 is 9.30 Å². The lowest BCUT2D eigenvalue weighted by Gasteiger charge is -2.08. The molecule has 2 aromatic rings. The Kier molecular flexibility index (Phi) is 4.55. The zero-order valence-corrected chi connectivity index (χ0v) is 12.0. The summed E-state index contributed by atoms with van der Waals surface area (Å²) in [5, 5.41) is 0.969. The second kappa shape index (κ2) is 6.16. The van der Waals surface area contributed by atoms with Crippen molar-refractivity contribution in [2.75, 3.05) is 7.11 Å². The maximum absolute atomic E-state index is 5.82. The quantitative estimate of drug-likeness (QED) is 0.621. The van der Waals surface area contributed by atoms with E-state index in [2.05, 4.69) is 11.1 Å². The third-order valence-electron chi connectivity index (χ3n) is 2.73. The van der Waals surface area contributed by atoms with Gasteiger partial charge in [0.2, 0.25) is 0 Å². The van der Waals surface area contributed by atoms with Crippen LogP contribution in [0, 0.1) is 0 Å². The Bertz CT molecular complexity index is 527. The van der Waals surface area contributed by atoms with Gasteiger partial charge >= 0.3 is 0 Å². The van der Waals surface area contributed by atoms with E-state index in [0.29, 0.717) is 5.88 Å². The van der Waals surface area contributed by atoms with Gasteiger partial charge in [0.1, 0.15) is 5.75 Å². The first-order valence-electron chi connectivity index (χ1n) is 5.57. The summed E-state index contributed by atoms with van der Waals surface area (Å²) in [6.45, 7) is 0. The highest BCUT2D eigenvalue weighted by molar-refractivity contribution is 7.98. The molecule has 0 aliphatic rings. The highest BCUT2D eigenvalue weighted by Gasteiger charge is 2.08. The van der Waals surface area contributed by atoms with E-state index in [1.54, 1.807) is 18.9 Å². The number of nitrogens with zero attached hydrogens (tertiary/aromatic N) is 2. The molecule has 1 aromatic carbocycles. The summed E-state index contributed by atoms with van der Waals surface area (Å²) < 4.78 is 7.35. The van der Waals surface area contributed by atoms with E-state index in [-0.39, 0.29) is 0 Å². The number of benzene rings is 1. The Hall–Kier alpha value is -1.13. The van der Waals surface area contributed by atoms with Crippen molar-refractivity contribution in [3.05, 3.63) is 41.7 Å². The van der Waals surface area contributed by atoms with E-state index in [4.69, 9.17) is 16.3 Å². The number of ether oxygens (including phenoxy) is 1. The number of hydrogen-bond donors (Lipinski definition) is 0. The fourth-order valence-corrected chi connectivity index (χ4v) is 2.86. The molecule has 5 heteroatoms. The second-order valence-electron chi connectivity index (χ2n) is 3.83. The van der Waals surface area contributed by atoms with Crippen LogP contribution in [0.1, 0.15) is 11.3 Å². The number of rotatable bonds is 5. The summed E-state index contributed by atoms with van der Waals surface area (Å²) in [4.78, 5) is 4.36. The third-order valence-corrected chi connectivity index (χ3v) is 4.09. The zero-order valence-electron chi connectivity index (χ0n) is 10.4. The first kappa shape index (κ1) is 13.3. The van der Waals surface area contributed by atoms with Gasteiger partial charge in [-0.3, -0.25) is 0 Å². The lowest BCUT2D eigenvalue weighted by atomic mass is 10.2. The molecule has 0 unspecified atom stereocenters. The maximum Gasteiger partial charge on any atom is 0.168 e. The summed E-state index contributed by atoms with van der Waals surface area (Å²) >= 11 is 7.50. The lowest BCUT2D eigenvalue weighted by molar-refractivity contribution is 0.411. The molecule has 2 rings (SSSR count). The van der Waals surface area contributed by atoms with Crippen LogP contribution in [0.25, 0.3) is 0 Å². The number of hydrogen-bond acceptors (Lipinski definition) is 3. The summed E-state index contributed by atoms with van der Waals surface area (Å²) in [6, 6.07) is 8.02. The van der Waals surface area contributed by atoms with E-state index in [0.717, 1.165) is 22.4 Å². The topological polar surface area (TPSA) is 27.1 Å². The molecular formula is C13H15ClN2OS. The lowest BCUT2D eigenvalue weighted by Crippen LogP contribution is -1.96. The van der Waals surface area contributed by atoms with Gasteiger partial charge in [-0.15, -0.1) is 11.6 Å². The minimum atomic E-state index is 0.485. The van der Waals surface area contributed by atoms with E-state index >= 15 is 0 Å². The molecule has 0 atom stereocenters. The maximum atomic E-state index is 5.82. The molecule has 1 heterocycles. The van der Waals surface area contributed by atoms with E-state index in [1.807, 2.05) is 36.0 Å². The van der Waals surface area contributed by atoms with Crippen molar-refractivity contribution in [2.45, 2.75) is 16.8 Å². The molecule has 0 aliphatic carbocycles. The molecule has 1 aromatic heterocycles. The Labute approximate surface area is 116 Å². The number of alkyl halides is 1. The largest absolute Gasteiger partial charge is 0.496 e. The molecule has 0 N–H and O–H groups in total. The first-order chi connectivity index (χ1) is 8.76. The smallest absolute Gasteiger partial charge is 0.168 e. The van der Waals surface area contributed by atoms with Crippen LogP contribution in [0.4, 0.5) is 0 Å². The standard InChI is InChI=1S/C13H15ClN2OS/c1-16-11(7-14)8-15-13(16)18-9-10-5-3-4-6-12(10)17-2/h3-6,8H,7,9H2,1-2H3. The van der Waals surface area contributed by atoms with Gasteiger partial charge in [-0.2, -0.15) is 0 Å². The molecule has 0 saturated heterocycles. The summed E-state index contributed by atoms with van der Waals surface area (Å²) in [5.74, 6) is 2.23. The van der Waals surface area contributed by atoms with Crippen molar-refractivity contribution in [3.8, 4) is 5.75 Å². The predicted molar refractivity (Wildman–Crippen MR) is 75.3 cm³/mol. The molecule has 0 radical (unpaired) electrons. The number of methoxy groups -OCH3 is 1. The van der Waals surface area contributed by atoms with Crippen LogP contribution in [-0.4, -0.2) is 16.7 Å². The summed E-state index contributed by atoms with van der Waals surface area (Å²) in [7, 11) is 3.67. The number of aromatic nitrogens is 2. The van der Waals surface area contributed by atoms with Gasteiger partial charge in [-0.05, 0) is 6.07 Å². The van der Waals surface area contributed by atoms with Crippen molar-refractivity contribution >= 4 is 23.4 Å². The van der Waals surface area contributed by atoms with Crippen LogP contribution in [-0.2, 0) is 18.7 Å². The average molecular weight is 283 g/mol. The molecular weight excluding hydrogens is 268 g/mol. The average Bonchev–Trinajstić information content (AvgIpc) is 2.77. The van der Waals surface area contributed by atoms with Crippen molar-refractivity contribution in [1.82, 2.24) is 9.55 Å². The van der Waals surface area contributed by atoms with Gasteiger partial charge in [-0.1, -0.05) is 30.0 Å². The highest BCUT2D eigenvalue weighted by Crippen LogP contribution is 2.27. The molecule has 0 spiro atoms.